The number of benzene rings is 1. The van der Waals surface area contributed by atoms with Crippen LogP contribution in [0, 0.1) is 23.1 Å². The van der Waals surface area contributed by atoms with Gasteiger partial charge in [0.2, 0.25) is 0 Å². The van der Waals surface area contributed by atoms with Gasteiger partial charge in [0.15, 0.2) is 5.96 Å². The molecule has 1 saturated carbocycles. The second-order valence-corrected chi connectivity index (χ2v) is 4.81. The van der Waals surface area contributed by atoms with Crippen LogP contribution in [0.25, 0.3) is 0 Å². The van der Waals surface area contributed by atoms with Crippen molar-refractivity contribution in [1.29, 1.82) is 5.26 Å². The van der Waals surface area contributed by atoms with Crippen LogP contribution < -0.4 is 10.6 Å². The fourth-order valence-electron chi connectivity index (χ4n) is 1.85. The van der Waals surface area contributed by atoms with Gasteiger partial charge in [-0.1, -0.05) is 6.92 Å². The highest BCUT2D eigenvalue weighted by Crippen LogP contribution is 2.28. The first-order valence-corrected chi connectivity index (χ1v) is 6.29. The summed E-state index contributed by atoms with van der Waals surface area (Å²) in [5.74, 6) is 1.01. The Morgan fingerprint density at radius 2 is 2.32 bits per heavy atom. The van der Waals surface area contributed by atoms with Crippen LogP contribution in [-0.4, -0.2) is 19.0 Å². The quantitative estimate of drug-likeness (QED) is 0.643. The molecule has 2 N–H and O–H groups in total. The summed E-state index contributed by atoms with van der Waals surface area (Å²) in [6.45, 7) is 2.48. The molecule has 1 aromatic carbocycles. The number of hydrogen-bond donors (Lipinski definition) is 2. The number of aliphatic imine (C=N–C) groups is 1. The molecule has 0 spiro atoms. The summed E-state index contributed by atoms with van der Waals surface area (Å²) in [7, 11) is 1.68. The first-order valence-electron chi connectivity index (χ1n) is 6.29. The van der Waals surface area contributed by atoms with Crippen LogP contribution in [0.3, 0.4) is 0 Å². The molecule has 2 unspecified atom stereocenters. The van der Waals surface area contributed by atoms with Gasteiger partial charge in [0, 0.05) is 25.2 Å². The molecule has 19 heavy (non-hydrogen) atoms. The lowest BCUT2D eigenvalue weighted by Crippen LogP contribution is -2.38. The van der Waals surface area contributed by atoms with E-state index >= 15 is 0 Å². The van der Waals surface area contributed by atoms with E-state index in [-0.39, 0.29) is 5.82 Å². The van der Waals surface area contributed by atoms with E-state index in [0.717, 1.165) is 6.42 Å². The molecule has 0 aromatic heterocycles. The maximum absolute atomic E-state index is 13.6. The number of nitrogens with one attached hydrogen (secondary N) is 2. The number of nitriles is 1. The molecule has 4 nitrogen and oxygen atoms in total. The Kier molecular flexibility index (Phi) is 4.00. The molecule has 0 amide bonds. The van der Waals surface area contributed by atoms with Gasteiger partial charge < -0.3 is 10.6 Å². The minimum absolute atomic E-state index is 0.308. The van der Waals surface area contributed by atoms with Gasteiger partial charge in [-0.3, -0.25) is 4.99 Å². The third-order valence-corrected chi connectivity index (χ3v) is 3.28. The van der Waals surface area contributed by atoms with Gasteiger partial charge in [-0.15, -0.1) is 0 Å². The Balaban J connectivity index is 1.95. The fraction of sp³-hybridized carbons (Fsp3) is 0.429. The number of halogens is 1. The average Bonchev–Trinajstić information content (AvgIpc) is 3.11. The third kappa shape index (κ3) is 3.44. The zero-order valence-electron chi connectivity index (χ0n) is 11.1. The first kappa shape index (κ1) is 13.3. The smallest absolute Gasteiger partial charge is 0.191 e. The minimum atomic E-state index is -0.318. The van der Waals surface area contributed by atoms with Crippen molar-refractivity contribution < 1.29 is 4.39 Å². The number of guanidine groups is 1. The number of rotatable bonds is 3. The zero-order chi connectivity index (χ0) is 13.8. The summed E-state index contributed by atoms with van der Waals surface area (Å²) in [4.78, 5) is 4.10. The Morgan fingerprint density at radius 3 is 2.89 bits per heavy atom. The molecular weight excluding hydrogens is 243 g/mol. The summed E-state index contributed by atoms with van der Waals surface area (Å²) < 4.78 is 13.6. The maximum atomic E-state index is 13.6. The Morgan fingerprint density at radius 1 is 1.58 bits per heavy atom. The monoisotopic (exact) mass is 260 g/mol. The Bertz CT molecular complexity index is 533. The van der Waals surface area contributed by atoms with Crippen molar-refractivity contribution in [2.75, 3.05) is 7.05 Å². The van der Waals surface area contributed by atoms with Gasteiger partial charge in [-0.25, -0.2) is 4.39 Å². The first-order chi connectivity index (χ1) is 9.13. The lowest BCUT2D eigenvalue weighted by atomic mass is 10.1. The Labute approximate surface area is 112 Å². The van der Waals surface area contributed by atoms with Crippen molar-refractivity contribution >= 4 is 5.96 Å². The highest BCUT2D eigenvalue weighted by atomic mass is 19.1. The molecule has 2 atom stereocenters. The van der Waals surface area contributed by atoms with Gasteiger partial charge in [0.05, 0.1) is 11.6 Å². The molecule has 0 aliphatic heterocycles. The van der Waals surface area contributed by atoms with Crippen LogP contribution in [0.4, 0.5) is 4.39 Å². The van der Waals surface area contributed by atoms with E-state index in [1.807, 2.05) is 6.07 Å². The molecule has 5 heteroatoms. The van der Waals surface area contributed by atoms with E-state index in [1.165, 1.54) is 12.1 Å². The normalized spacial score (nSPS) is 21.7. The van der Waals surface area contributed by atoms with Gasteiger partial charge >= 0.3 is 0 Å². The lowest BCUT2D eigenvalue weighted by molar-refractivity contribution is 0.604. The molecule has 1 fully saturated rings. The second kappa shape index (κ2) is 5.70. The van der Waals surface area contributed by atoms with E-state index in [2.05, 4.69) is 22.5 Å². The summed E-state index contributed by atoms with van der Waals surface area (Å²) in [6.07, 6.45) is 1.14. The van der Waals surface area contributed by atoms with Crippen LogP contribution >= 0.6 is 0 Å². The number of hydrogen-bond acceptors (Lipinski definition) is 2. The molecule has 1 aliphatic carbocycles. The fourth-order valence-corrected chi connectivity index (χ4v) is 1.85. The van der Waals surface area contributed by atoms with Crippen LogP contribution in [-0.2, 0) is 6.54 Å². The van der Waals surface area contributed by atoms with E-state index in [4.69, 9.17) is 5.26 Å². The van der Waals surface area contributed by atoms with Crippen LogP contribution in [0.2, 0.25) is 0 Å². The van der Waals surface area contributed by atoms with Crippen molar-refractivity contribution in [3.05, 3.63) is 35.1 Å². The van der Waals surface area contributed by atoms with E-state index in [1.54, 1.807) is 13.1 Å². The molecule has 1 aromatic rings. The van der Waals surface area contributed by atoms with Gasteiger partial charge in [-0.2, -0.15) is 5.26 Å². The Hall–Kier alpha value is -2.09. The largest absolute Gasteiger partial charge is 0.353 e. The summed E-state index contributed by atoms with van der Waals surface area (Å²) in [5.41, 5.74) is 0.919. The molecular formula is C14H17FN4. The van der Waals surface area contributed by atoms with Crippen molar-refractivity contribution in [3.63, 3.8) is 0 Å². The molecule has 0 saturated heterocycles. The van der Waals surface area contributed by atoms with Gasteiger partial charge in [0.1, 0.15) is 5.82 Å². The van der Waals surface area contributed by atoms with Gasteiger partial charge in [0.25, 0.3) is 0 Å². The van der Waals surface area contributed by atoms with Crippen LogP contribution in [0.1, 0.15) is 24.5 Å². The van der Waals surface area contributed by atoms with E-state index < -0.39 is 0 Å². The highest BCUT2D eigenvalue weighted by Gasteiger charge is 2.33. The van der Waals surface area contributed by atoms with Crippen molar-refractivity contribution in [2.24, 2.45) is 10.9 Å². The van der Waals surface area contributed by atoms with Crippen LogP contribution in [0.15, 0.2) is 23.2 Å². The van der Waals surface area contributed by atoms with Crippen LogP contribution in [0.5, 0.6) is 0 Å². The predicted octanol–water partition coefficient (Wildman–Crippen LogP) is 1.77. The standard InChI is InChI=1S/C14H17FN4/c1-9-5-13(9)19-14(17-2)18-8-11-6-10(7-16)3-4-12(11)15/h3-4,6,9,13H,5,8H2,1-2H3,(H2,17,18,19). The summed E-state index contributed by atoms with van der Waals surface area (Å²) in [6, 6.07) is 6.80. The SMILES string of the molecule is CN=C(NCc1cc(C#N)ccc1F)NC1CC1C. The molecule has 0 radical (unpaired) electrons. The molecule has 0 bridgehead atoms. The average molecular weight is 260 g/mol. The maximum Gasteiger partial charge on any atom is 0.191 e. The molecule has 2 rings (SSSR count). The molecule has 100 valence electrons. The second-order valence-electron chi connectivity index (χ2n) is 4.81. The number of nitrogens with zero attached hydrogens (tertiary/aromatic N) is 2. The third-order valence-electron chi connectivity index (χ3n) is 3.28. The molecule has 1 aliphatic rings. The molecule has 0 heterocycles. The van der Waals surface area contributed by atoms with E-state index in [0.29, 0.717) is 35.6 Å². The highest BCUT2D eigenvalue weighted by molar-refractivity contribution is 5.80. The van der Waals surface area contributed by atoms with E-state index in [9.17, 15) is 4.39 Å². The van der Waals surface area contributed by atoms with Crippen molar-refractivity contribution in [1.82, 2.24) is 10.6 Å². The summed E-state index contributed by atoms with van der Waals surface area (Å²) >= 11 is 0. The topological polar surface area (TPSA) is 60.2 Å². The minimum Gasteiger partial charge on any atom is -0.353 e. The van der Waals surface area contributed by atoms with Gasteiger partial charge in [-0.05, 0) is 30.5 Å². The summed E-state index contributed by atoms with van der Waals surface area (Å²) in [5, 5.41) is 15.1. The van der Waals surface area contributed by atoms with Crippen molar-refractivity contribution in [3.8, 4) is 6.07 Å². The van der Waals surface area contributed by atoms with Crippen molar-refractivity contribution in [2.45, 2.75) is 25.9 Å². The zero-order valence-corrected chi connectivity index (χ0v) is 11.1. The predicted molar refractivity (Wildman–Crippen MR) is 72.0 cm³/mol. The lowest BCUT2D eigenvalue weighted by Gasteiger charge is -2.12.